The Kier molecular flexibility index (Phi) is 4.41. The average molecular weight is 381 g/mol. The van der Waals surface area contributed by atoms with Crippen molar-refractivity contribution in [1.82, 2.24) is 10.3 Å². The van der Waals surface area contributed by atoms with Crippen molar-refractivity contribution in [2.75, 3.05) is 18.9 Å². The third kappa shape index (κ3) is 2.76. The molecule has 3 N–H and O–H groups in total. The van der Waals surface area contributed by atoms with Crippen LogP contribution in [0.2, 0.25) is 0 Å². The van der Waals surface area contributed by atoms with Crippen molar-refractivity contribution in [1.29, 1.82) is 0 Å². The molecule has 3 aromatic rings. The van der Waals surface area contributed by atoms with Crippen LogP contribution in [0, 0.1) is 18.6 Å². The van der Waals surface area contributed by atoms with Crippen LogP contribution < -0.4 is 15.8 Å². The summed E-state index contributed by atoms with van der Waals surface area (Å²) in [5.41, 5.74) is 8.83. The van der Waals surface area contributed by atoms with Gasteiger partial charge in [0.25, 0.3) is 0 Å². The fourth-order valence-corrected chi connectivity index (χ4v) is 3.77. The Hall–Kier alpha value is -3.15. The van der Waals surface area contributed by atoms with Crippen LogP contribution in [0.1, 0.15) is 23.6 Å². The number of anilines is 1. The van der Waals surface area contributed by atoms with Crippen LogP contribution in [0.25, 0.3) is 27.7 Å². The molecular formula is C22H21F2N3O. The van der Waals surface area contributed by atoms with Crippen LogP contribution in [-0.4, -0.2) is 18.1 Å². The first-order valence-electron chi connectivity index (χ1n) is 9.19. The second kappa shape index (κ2) is 6.78. The Labute approximate surface area is 162 Å². The number of ether oxygens (including phenoxy) is 1. The van der Waals surface area contributed by atoms with E-state index in [2.05, 4.69) is 16.9 Å². The van der Waals surface area contributed by atoms with Crippen LogP contribution in [0.4, 0.5) is 14.5 Å². The molecule has 1 aliphatic heterocycles. The summed E-state index contributed by atoms with van der Waals surface area (Å²) in [4.78, 5) is 4.45. The number of fused-ring (bicyclic) bond motifs is 2. The Bertz CT molecular complexity index is 1120. The quantitative estimate of drug-likeness (QED) is 0.682. The molecule has 0 fully saturated rings. The van der Waals surface area contributed by atoms with Crippen LogP contribution in [0.3, 0.4) is 0 Å². The maximum atomic E-state index is 15.4. The van der Waals surface area contributed by atoms with Gasteiger partial charge in [-0.1, -0.05) is 25.6 Å². The number of nitrogens with one attached hydrogen (secondary N) is 1. The van der Waals surface area contributed by atoms with Gasteiger partial charge in [-0.25, -0.2) is 13.8 Å². The van der Waals surface area contributed by atoms with E-state index in [0.717, 1.165) is 10.9 Å². The number of rotatable bonds is 2. The minimum absolute atomic E-state index is 0.0555. The highest BCUT2D eigenvalue weighted by Crippen LogP contribution is 2.40. The third-order valence-corrected chi connectivity index (χ3v) is 5.04. The number of benzene rings is 2. The molecule has 0 bridgehead atoms. The summed E-state index contributed by atoms with van der Waals surface area (Å²) < 4.78 is 35.5. The van der Waals surface area contributed by atoms with E-state index < -0.39 is 5.82 Å². The lowest BCUT2D eigenvalue weighted by atomic mass is 9.93. The molecule has 0 unspecified atom stereocenters. The van der Waals surface area contributed by atoms with Crippen molar-refractivity contribution >= 4 is 22.2 Å². The summed E-state index contributed by atoms with van der Waals surface area (Å²) in [6.45, 7) is 8.55. The Balaban J connectivity index is 2.09. The number of nitrogen functional groups attached to an aromatic ring is 1. The molecule has 28 heavy (non-hydrogen) atoms. The van der Waals surface area contributed by atoms with Gasteiger partial charge in [0, 0.05) is 17.8 Å². The van der Waals surface area contributed by atoms with Crippen molar-refractivity contribution in [3.63, 3.8) is 0 Å². The molecule has 0 aliphatic carbocycles. The maximum Gasteiger partial charge on any atom is 0.225 e. The van der Waals surface area contributed by atoms with Gasteiger partial charge in [0.15, 0.2) is 5.82 Å². The van der Waals surface area contributed by atoms with Crippen LogP contribution >= 0.6 is 0 Å². The largest absolute Gasteiger partial charge is 0.475 e. The highest BCUT2D eigenvalue weighted by atomic mass is 19.1. The van der Waals surface area contributed by atoms with Crippen LogP contribution in [0.5, 0.6) is 5.88 Å². The first-order valence-corrected chi connectivity index (χ1v) is 9.19. The van der Waals surface area contributed by atoms with E-state index in [1.807, 2.05) is 26.0 Å². The number of hydrogen-bond acceptors (Lipinski definition) is 4. The molecular weight excluding hydrogens is 360 g/mol. The second-order valence-electron chi connectivity index (χ2n) is 6.91. The zero-order chi connectivity index (χ0) is 20.0. The molecule has 1 aliphatic rings. The minimum Gasteiger partial charge on any atom is -0.475 e. The molecule has 4 nitrogen and oxygen atoms in total. The molecule has 0 amide bonds. The predicted octanol–water partition coefficient (Wildman–Crippen LogP) is 4.59. The lowest BCUT2D eigenvalue weighted by molar-refractivity contribution is 0.314. The summed E-state index contributed by atoms with van der Waals surface area (Å²) in [7, 11) is 0. The molecule has 6 heteroatoms. The van der Waals surface area contributed by atoms with E-state index in [1.54, 1.807) is 6.07 Å². The molecule has 0 saturated carbocycles. The van der Waals surface area contributed by atoms with E-state index in [0.29, 0.717) is 47.3 Å². The first-order chi connectivity index (χ1) is 13.4. The molecule has 4 rings (SSSR count). The number of nitrogens with zero attached hydrogens (tertiary/aromatic N) is 1. The van der Waals surface area contributed by atoms with Gasteiger partial charge >= 0.3 is 0 Å². The Morgan fingerprint density at radius 3 is 2.82 bits per heavy atom. The van der Waals surface area contributed by atoms with Crippen molar-refractivity contribution in [3.8, 4) is 17.1 Å². The van der Waals surface area contributed by atoms with Crippen LogP contribution in [-0.2, 0) is 6.42 Å². The van der Waals surface area contributed by atoms with Crippen molar-refractivity contribution < 1.29 is 13.5 Å². The SMILES string of the molecule is C=C1NCCOc2nc(-c3cc(C)cc4ccc(F)c(CC)c34)c(F)c(N)c21. The van der Waals surface area contributed by atoms with Gasteiger partial charge in [-0.2, -0.15) is 0 Å². The molecule has 0 atom stereocenters. The zero-order valence-electron chi connectivity index (χ0n) is 15.8. The van der Waals surface area contributed by atoms with Crippen molar-refractivity contribution in [3.05, 3.63) is 59.2 Å². The Morgan fingerprint density at radius 2 is 2.07 bits per heavy atom. The van der Waals surface area contributed by atoms with E-state index >= 15 is 4.39 Å². The molecule has 144 valence electrons. The molecule has 0 saturated heterocycles. The molecule has 0 spiro atoms. The maximum absolute atomic E-state index is 15.4. The van der Waals surface area contributed by atoms with Crippen molar-refractivity contribution in [2.24, 2.45) is 0 Å². The van der Waals surface area contributed by atoms with Gasteiger partial charge in [-0.05, 0) is 47.4 Å². The minimum atomic E-state index is -0.662. The average Bonchev–Trinajstić information content (AvgIpc) is 2.85. The highest BCUT2D eigenvalue weighted by Gasteiger charge is 2.25. The number of hydrogen-bond donors (Lipinski definition) is 2. The topological polar surface area (TPSA) is 60.2 Å². The van der Waals surface area contributed by atoms with Gasteiger partial charge in [0.2, 0.25) is 5.88 Å². The smallest absolute Gasteiger partial charge is 0.225 e. The fraction of sp³-hybridized carbons (Fsp3) is 0.227. The summed E-state index contributed by atoms with van der Waals surface area (Å²) in [6.07, 6.45) is 0.471. The number of nitrogens with two attached hydrogens (primary N) is 1. The fourth-order valence-electron chi connectivity index (χ4n) is 3.77. The summed E-state index contributed by atoms with van der Waals surface area (Å²) >= 11 is 0. The molecule has 2 aromatic carbocycles. The van der Waals surface area contributed by atoms with Gasteiger partial charge in [-0.3, -0.25) is 0 Å². The summed E-state index contributed by atoms with van der Waals surface area (Å²) in [5, 5.41) is 4.51. The van der Waals surface area contributed by atoms with E-state index in [1.165, 1.54) is 6.07 Å². The van der Waals surface area contributed by atoms with E-state index in [4.69, 9.17) is 10.5 Å². The number of pyridine rings is 1. The first kappa shape index (κ1) is 18.2. The lowest BCUT2D eigenvalue weighted by Gasteiger charge is -2.17. The Morgan fingerprint density at radius 1 is 1.29 bits per heavy atom. The number of aromatic nitrogens is 1. The van der Waals surface area contributed by atoms with Gasteiger partial charge in [0.1, 0.15) is 18.1 Å². The van der Waals surface area contributed by atoms with Gasteiger partial charge in [-0.15, -0.1) is 0 Å². The summed E-state index contributed by atoms with van der Waals surface area (Å²) in [6, 6.07) is 6.90. The normalized spacial score (nSPS) is 13.6. The van der Waals surface area contributed by atoms with E-state index in [-0.39, 0.29) is 23.1 Å². The highest BCUT2D eigenvalue weighted by molar-refractivity contribution is 6.00. The van der Waals surface area contributed by atoms with Crippen LogP contribution in [0.15, 0.2) is 30.8 Å². The van der Waals surface area contributed by atoms with E-state index in [9.17, 15) is 4.39 Å². The summed E-state index contributed by atoms with van der Waals surface area (Å²) in [5.74, 6) is -0.754. The monoisotopic (exact) mass is 381 g/mol. The van der Waals surface area contributed by atoms with Gasteiger partial charge < -0.3 is 15.8 Å². The zero-order valence-corrected chi connectivity index (χ0v) is 15.8. The second-order valence-corrected chi connectivity index (χ2v) is 6.91. The molecule has 1 aromatic heterocycles. The number of aryl methyl sites for hydroxylation is 2. The number of halogens is 2. The van der Waals surface area contributed by atoms with Gasteiger partial charge in [0.05, 0.1) is 11.3 Å². The lowest BCUT2D eigenvalue weighted by Crippen LogP contribution is -2.15. The molecule has 0 radical (unpaired) electrons. The van der Waals surface area contributed by atoms with Crippen molar-refractivity contribution in [2.45, 2.75) is 20.3 Å². The molecule has 2 heterocycles. The predicted molar refractivity (Wildman–Crippen MR) is 108 cm³/mol. The standard InChI is InChI=1S/C22H21F2N3O/c1-4-14-16(23)6-5-13-9-11(2)10-15(18(13)14)21-19(24)20(25)17-12(3)26-7-8-28-22(17)27-21/h5-6,9-10,26H,3-4,7-8H2,1-2H3,(H2,25,27). The third-order valence-electron chi connectivity index (χ3n) is 5.04.